The van der Waals surface area contributed by atoms with E-state index in [1.54, 1.807) is 0 Å². The molecule has 3 aromatic rings. The molecule has 0 unspecified atom stereocenters. The second-order valence-electron chi connectivity index (χ2n) is 5.79. The van der Waals surface area contributed by atoms with Gasteiger partial charge in [0.2, 0.25) is 0 Å². The van der Waals surface area contributed by atoms with Crippen LogP contribution in [0.2, 0.25) is 0 Å². The monoisotopic (exact) mass is 562 g/mol. The van der Waals surface area contributed by atoms with Crippen molar-refractivity contribution in [1.29, 1.82) is 0 Å². The van der Waals surface area contributed by atoms with Crippen molar-refractivity contribution in [2.24, 2.45) is 0 Å². The van der Waals surface area contributed by atoms with Crippen LogP contribution in [0.5, 0.6) is 0 Å². The minimum absolute atomic E-state index is 0. The second-order valence-corrected chi connectivity index (χ2v) is 5.79. The average molecular weight is 562 g/mol. The fourth-order valence-electron chi connectivity index (χ4n) is 3.22. The number of pyridine rings is 1. The molecule has 0 spiro atoms. The van der Waals surface area contributed by atoms with Crippen molar-refractivity contribution in [3.63, 3.8) is 0 Å². The number of rotatable bonds is 6. The number of hydrogen-bond donors (Lipinski definition) is 0. The van der Waals surface area contributed by atoms with Gasteiger partial charge in [-0.25, -0.2) is 0 Å². The maximum atomic E-state index is 4.64. The first-order valence-electron chi connectivity index (χ1n) is 8.69. The summed E-state index contributed by atoms with van der Waals surface area (Å²) in [4.78, 5) is 9.09. The molecule has 0 aliphatic heterocycles. The van der Waals surface area contributed by atoms with E-state index in [0.717, 1.165) is 25.0 Å². The number of fused-ring (bicyclic) bond motifs is 3. The minimum atomic E-state index is 0. The van der Waals surface area contributed by atoms with Crippen molar-refractivity contribution >= 4 is 68.2 Å². The summed E-state index contributed by atoms with van der Waals surface area (Å²) in [6.45, 7) is 7.91. The van der Waals surface area contributed by atoms with Gasteiger partial charge in [0, 0.05) is 17.0 Å². The van der Waals surface area contributed by atoms with Gasteiger partial charge >= 0.3 is 0 Å². The van der Waals surface area contributed by atoms with E-state index in [1.807, 2.05) is 11.1 Å². The van der Waals surface area contributed by atoms with Crippen molar-refractivity contribution < 1.29 is 0 Å². The molecule has 4 heteroatoms. The smallest absolute Gasteiger partial charge is 0.0711 e. The van der Waals surface area contributed by atoms with Gasteiger partial charge in [0.1, 0.15) is 0 Å². The summed E-state index contributed by atoms with van der Waals surface area (Å²) in [6.07, 6.45) is 4.30. The zero-order valence-corrected chi connectivity index (χ0v) is 19.8. The molecule has 1 aromatic heterocycles. The van der Waals surface area contributed by atoms with Gasteiger partial charge in [0.15, 0.2) is 0 Å². The molecule has 136 valence electrons. The van der Waals surface area contributed by atoms with Crippen LogP contribution < -0.4 is 0 Å². The molecule has 0 fully saturated rings. The van der Waals surface area contributed by atoms with Gasteiger partial charge in [-0.1, -0.05) is 72.8 Å². The first-order valence-corrected chi connectivity index (χ1v) is 10.8. The average Bonchev–Trinajstić information content (AvgIpc) is 2.66. The third kappa shape index (κ3) is 5.76. The number of nitrogens with zero attached hydrogens (tertiary/aromatic N) is 2. The van der Waals surface area contributed by atoms with Crippen LogP contribution in [-0.4, -0.2) is 34.4 Å². The first-order chi connectivity index (χ1) is 11.8. The lowest BCUT2D eigenvalue weighted by atomic mass is 9.99. The Labute approximate surface area is 182 Å². The van der Waals surface area contributed by atoms with Gasteiger partial charge in [-0.05, 0) is 54.4 Å². The Kier molecular flexibility index (Phi) is 10.8. The molecule has 0 amide bonds. The molecule has 0 saturated carbocycles. The first kappa shape index (κ1) is 22.6. The van der Waals surface area contributed by atoms with E-state index < -0.39 is 0 Å². The molecule has 2 aromatic carbocycles. The summed E-state index contributed by atoms with van der Waals surface area (Å²) in [6, 6.07) is 15.1. The van der Waals surface area contributed by atoms with Crippen LogP contribution in [0.3, 0.4) is 0 Å². The molecule has 0 aliphatic carbocycles. The molecule has 0 saturated heterocycles. The molecule has 25 heavy (non-hydrogen) atoms. The minimum Gasteiger partial charge on any atom is -0.304 e. The SMILES string of the molecule is CCN(CC)CCCc1cccc2ncc3ccccc3c12.CI.I. The number of benzene rings is 2. The van der Waals surface area contributed by atoms with Gasteiger partial charge < -0.3 is 4.90 Å². The molecular weight excluding hydrogens is 534 g/mol. The summed E-state index contributed by atoms with van der Waals surface area (Å²) in [5.74, 6) is 0. The number of halogens is 2. The Hall–Kier alpha value is -0.470. The predicted molar refractivity (Wildman–Crippen MR) is 131 cm³/mol. The summed E-state index contributed by atoms with van der Waals surface area (Å²) < 4.78 is 0. The number of alkyl halides is 1. The van der Waals surface area contributed by atoms with Crippen molar-refractivity contribution in [3.05, 3.63) is 54.2 Å². The Morgan fingerprint density at radius 1 is 0.960 bits per heavy atom. The second kappa shape index (κ2) is 12.0. The molecule has 0 N–H and O–H groups in total. The van der Waals surface area contributed by atoms with Crippen LogP contribution in [0.4, 0.5) is 0 Å². The maximum Gasteiger partial charge on any atom is 0.0711 e. The lowest BCUT2D eigenvalue weighted by Gasteiger charge is -2.18. The van der Waals surface area contributed by atoms with E-state index in [-0.39, 0.29) is 24.0 Å². The van der Waals surface area contributed by atoms with E-state index >= 15 is 0 Å². The van der Waals surface area contributed by atoms with E-state index in [0.29, 0.717) is 0 Å². The number of aromatic nitrogens is 1. The zero-order valence-electron chi connectivity index (χ0n) is 15.3. The van der Waals surface area contributed by atoms with Crippen molar-refractivity contribution in [1.82, 2.24) is 9.88 Å². The predicted octanol–water partition coefficient (Wildman–Crippen LogP) is 6.33. The highest BCUT2D eigenvalue weighted by atomic mass is 127. The highest BCUT2D eigenvalue weighted by molar-refractivity contribution is 14.1. The Morgan fingerprint density at radius 3 is 2.40 bits per heavy atom. The van der Waals surface area contributed by atoms with Gasteiger partial charge in [-0.3, -0.25) is 4.98 Å². The van der Waals surface area contributed by atoms with Gasteiger partial charge in [-0.2, -0.15) is 0 Å². The van der Waals surface area contributed by atoms with E-state index in [1.165, 1.54) is 34.7 Å². The third-order valence-electron chi connectivity index (χ3n) is 4.52. The standard InChI is InChI=1S/C20H24N2.CH3I.HI/c1-3-22(4-2)14-8-11-16-10-7-13-19-20(16)18-12-6-5-9-17(18)15-21-19;1-2;/h5-7,9-10,12-13,15H,3-4,8,11,14H2,1-2H3;1H3;1H. The molecule has 0 radical (unpaired) electrons. The molecule has 1 heterocycles. The molecule has 2 nitrogen and oxygen atoms in total. The van der Waals surface area contributed by atoms with Crippen molar-refractivity contribution in [3.8, 4) is 0 Å². The third-order valence-corrected chi connectivity index (χ3v) is 4.52. The quantitative estimate of drug-likeness (QED) is 0.198. The normalized spacial score (nSPS) is 10.4. The fourth-order valence-corrected chi connectivity index (χ4v) is 3.22. The Bertz CT molecular complexity index is 770. The molecule has 3 rings (SSSR count). The van der Waals surface area contributed by atoms with E-state index in [2.05, 4.69) is 88.8 Å². The van der Waals surface area contributed by atoms with Crippen LogP contribution in [0, 0.1) is 0 Å². The lowest BCUT2D eigenvalue weighted by molar-refractivity contribution is 0.300. The molecule has 0 aliphatic rings. The molecule has 0 atom stereocenters. The Morgan fingerprint density at radius 2 is 1.68 bits per heavy atom. The summed E-state index contributed by atoms with van der Waals surface area (Å²) >= 11 is 2.15. The maximum absolute atomic E-state index is 4.64. The summed E-state index contributed by atoms with van der Waals surface area (Å²) in [7, 11) is 0. The van der Waals surface area contributed by atoms with Gasteiger partial charge in [-0.15, -0.1) is 24.0 Å². The van der Waals surface area contributed by atoms with Crippen molar-refractivity contribution in [2.75, 3.05) is 24.6 Å². The zero-order chi connectivity index (χ0) is 17.4. The van der Waals surface area contributed by atoms with Crippen molar-refractivity contribution in [2.45, 2.75) is 26.7 Å². The van der Waals surface area contributed by atoms with Gasteiger partial charge in [0.05, 0.1) is 5.52 Å². The van der Waals surface area contributed by atoms with Crippen LogP contribution in [0.1, 0.15) is 25.8 Å². The summed E-state index contributed by atoms with van der Waals surface area (Å²) in [5.41, 5.74) is 2.54. The topological polar surface area (TPSA) is 16.1 Å². The van der Waals surface area contributed by atoms with Crippen LogP contribution in [0.25, 0.3) is 21.7 Å². The van der Waals surface area contributed by atoms with E-state index in [9.17, 15) is 0 Å². The summed E-state index contributed by atoms with van der Waals surface area (Å²) in [5, 5.41) is 3.89. The van der Waals surface area contributed by atoms with E-state index in [4.69, 9.17) is 0 Å². The van der Waals surface area contributed by atoms with Crippen LogP contribution in [-0.2, 0) is 6.42 Å². The lowest BCUT2D eigenvalue weighted by Crippen LogP contribution is -2.24. The Balaban J connectivity index is 0.00000101. The largest absolute Gasteiger partial charge is 0.304 e. The van der Waals surface area contributed by atoms with Gasteiger partial charge in [0.25, 0.3) is 0 Å². The molecule has 0 bridgehead atoms. The number of hydrogen-bond acceptors (Lipinski definition) is 2. The highest BCUT2D eigenvalue weighted by Gasteiger charge is 2.07. The van der Waals surface area contributed by atoms with Crippen LogP contribution >= 0.6 is 46.6 Å². The van der Waals surface area contributed by atoms with Crippen LogP contribution in [0.15, 0.2) is 48.7 Å². The number of aryl methyl sites for hydroxylation is 1. The highest BCUT2D eigenvalue weighted by Crippen LogP contribution is 2.27. The fraction of sp³-hybridized carbons (Fsp3) is 0.381. The molecular formula is C21H28I2N2.